The van der Waals surface area contributed by atoms with Crippen molar-refractivity contribution < 1.29 is 9.53 Å². The van der Waals surface area contributed by atoms with Crippen LogP contribution in [0.1, 0.15) is 10.4 Å². The molecule has 0 fully saturated rings. The van der Waals surface area contributed by atoms with Crippen molar-refractivity contribution in [3.8, 4) is 5.75 Å². The zero-order valence-electron chi connectivity index (χ0n) is 16.7. The van der Waals surface area contributed by atoms with Gasteiger partial charge in [-0.05, 0) is 74.1 Å². The first-order valence-corrected chi connectivity index (χ1v) is 10.3. The normalized spacial score (nSPS) is 11.4. The Hall–Kier alpha value is -4.17. The van der Waals surface area contributed by atoms with Crippen molar-refractivity contribution in [2.45, 2.75) is 0 Å². The van der Waals surface area contributed by atoms with E-state index in [1.54, 1.807) is 0 Å². The maximum atomic E-state index is 13.2. The summed E-state index contributed by atoms with van der Waals surface area (Å²) in [5.41, 5.74) is 0.570. The molecule has 0 atom stereocenters. The van der Waals surface area contributed by atoms with Crippen LogP contribution in [0.3, 0.4) is 0 Å². The summed E-state index contributed by atoms with van der Waals surface area (Å²) < 4.78 is 5.94. The predicted octanol–water partition coefficient (Wildman–Crippen LogP) is 7.52. The molecule has 0 bridgehead atoms. The van der Waals surface area contributed by atoms with Gasteiger partial charge in [0.2, 0.25) is 0 Å². The minimum Gasteiger partial charge on any atom is -0.422 e. The highest BCUT2D eigenvalue weighted by Crippen LogP contribution is 2.32. The monoisotopic (exact) mass is 398 g/mol. The average Bonchev–Trinajstić information content (AvgIpc) is 2.81. The molecule has 31 heavy (non-hydrogen) atoms. The van der Waals surface area contributed by atoms with E-state index in [-0.39, 0.29) is 5.97 Å². The van der Waals surface area contributed by atoms with Gasteiger partial charge >= 0.3 is 5.97 Å². The standard InChI is InChI=1S/C29H18O2/c30-29(25-13-5-11-23-15-19-7-1-3-9-21(19)17-26(23)25)31-28-14-6-12-24-16-20-8-2-4-10-22(20)18-27(24)28/h1-18H. The lowest BCUT2D eigenvalue weighted by Gasteiger charge is -2.11. The molecule has 0 spiro atoms. The van der Waals surface area contributed by atoms with Gasteiger partial charge in [-0.1, -0.05) is 72.8 Å². The Labute approximate surface area is 179 Å². The largest absolute Gasteiger partial charge is 0.422 e. The van der Waals surface area contributed by atoms with Crippen molar-refractivity contribution in [2.24, 2.45) is 0 Å². The first-order valence-electron chi connectivity index (χ1n) is 10.3. The van der Waals surface area contributed by atoms with E-state index in [1.165, 1.54) is 5.39 Å². The van der Waals surface area contributed by atoms with Crippen molar-refractivity contribution in [1.82, 2.24) is 0 Å². The number of hydrogen-bond acceptors (Lipinski definition) is 2. The second kappa shape index (κ2) is 6.96. The Bertz CT molecular complexity index is 1630. The molecule has 0 amide bonds. The first-order chi connectivity index (χ1) is 15.3. The van der Waals surface area contributed by atoms with Gasteiger partial charge in [-0.2, -0.15) is 0 Å². The fourth-order valence-electron chi connectivity index (χ4n) is 4.33. The molecule has 146 valence electrons. The number of rotatable bonds is 2. The molecular weight excluding hydrogens is 380 g/mol. The summed E-state index contributed by atoms with van der Waals surface area (Å²) in [6.45, 7) is 0. The van der Waals surface area contributed by atoms with Crippen molar-refractivity contribution in [3.05, 3.63) is 115 Å². The van der Waals surface area contributed by atoms with Gasteiger partial charge in [0.05, 0.1) is 5.56 Å². The first kappa shape index (κ1) is 17.7. The minimum absolute atomic E-state index is 0.346. The summed E-state index contributed by atoms with van der Waals surface area (Å²) in [5, 5.41) is 8.45. The minimum atomic E-state index is -0.346. The third-order valence-electron chi connectivity index (χ3n) is 5.88. The third-order valence-corrected chi connectivity index (χ3v) is 5.88. The lowest BCUT2D eigenvalue weighted by Crippen LogP contribution is -2.09. The molecule has 6 aromatic carbocycles. The van der Waals surface area contributed by atoms with Crippen molar-refractivity contribution in [2.75, 3.05) is 0 Å². The second-order valence-corrected chi connectivity index (χ2v) is 7.79. The number of fused-ring (bicyclic) bond motifs is 4. The molecule has 0 aliphatic rings. The molecule has 0 radical (unpaired) electrons. The molecule has 0 saturated heterocycles. The van der Waals surface area contributed by atoms with Crippen LogP contribution in [0.15, 0.2) is 109 Å². The quantitative estimate of drug-likeness (QED) is 0.171. The SMILES string of the molecule is O=C(Oc1cccc2cc3ccccc3cc12)c1cccc2cc3ccccc3cc12. The molecule has 2 heteroatoms. The number of ether oxygens (including phenoxy) is 1. The van der Waals surface area contributed by atoms with E-state index in [2.05, 4.69) is 48.5 Å². The van der Waals surface area contributed by atoms with Gasteiger partial charge in [0.25, 0.3) is 0 Å². The maximum absolute atomic E-state index is 13.2. The molecule has 0 N–H and O–H groups in total. The van der Waals surface area contributed by atoms with Crippen molar-refractivity contribution in [3.63, 3.8) is 0 Å². The van der Waals surface area contributed by atoms with Crippen LogP contribution in [0.25, 0.3) is 43.1 Å². The molecule has 0 aliphatic carbocycles. The van der Waals surface area contributed by atoms with Crippen LogP contribution in [-0.4, -0.2) is 5.97 Å². The lowest BCUT2D eigenvalue weighted by molar-refractivity contribution is 0.0739. The van der Waals surface area contributed by atoms with Crippen LogP contribution < -0.4 is 4.74 Å². The smallest absolute Gasteiger partial charge is 0.344 e. The van der Waals surface area contributed by atoms with Gasteiger partial charge in [0.1, 0.15) is 5.75 Å². The highest BCUT2D eigenvalue weighted by atomic mass is 16.5. The number of carbonyl (C=O) groups is 1. The van der Waals surface area contributed by atoms with Crippen LogP contribution in [0, 0.1) is 0 Å². The maximum Gasteiger partial charge on any atom is 0.344 e. The fourth-order valence-corrected chi connectivity index (χ4v) is 4.33. The molecule has 2 nitrogen and oxygen atoms in total. The van der Waals surface area contributed by atoms with Crippen LogP contribution in [0.2, 0.25) is 0 Å². The van der Waals surface area contributed by atoms with Crippen LogP contribution in [-0.2, 0) is 0 Å². The van der Waals surface area contributed by atoms with Crippen molar-refractivity contribution in [1.29, 1.82) is 0 Å². The van der Waals surface area contributed by atoms with Gasteiger partial charge in [0, 0.05) is 5.39 Å². The predicted molar refractivity (Wildman–Crippen MR) is 128 cm³/mol. The van der Waals surface area contributed by atoms with Crippen LogP contribution >= 0.6 is 0 Å². The Kier molecular flexibility index (Phi) is 3.97. The highest BCUT2D eigenvalue weighted by molar-refractivity contribution is 6.10. The van der Waals surface area contributed by atoms with Crippen LogP contribution in [0.4, 0.5) is 0 Å². The topological polar surface area (TPSA) is 26.3 Å². The summed E-state index contributed by atoms with van der Waals surface area (Å²) in [4.78, 5) is 13.2. The van der Waals surface area contributed by atoms with Crippen molar-refractivity contribution >= 4 is 49.1 Å². The van der Waals surface area contributed by atoms with Gasteiger partial charge in [-0.15, -0.1) is 0 Å². The second-order valence-electron chi connectivity index (χ2n) is 7.79. The van der Waals surface area contributed by atoms with Gasteiger partial charge in [0.15, 0.2) is 0 Å². The highest BCUT2D eigenvalue weighted by Gasteiger charge is 2.15. The summed E-state index contributed by atoms with van der Waals surface area (Å²) in [6.07, 6.45) is 0. The zero-order valence-corrected chi connectivity index (χ0v) is 16.7. The molecular formula is C29H18O2. The summed E-state index contributed by atoms with van der Waals surface area (Å²) in [7, 11) is 0. The van der Waals surface area contributed by atoms with Crippen LogP contribution in [0.5, 0.6) is 5.75 Å². The molecule has 6 aromatic rings. The van der Waals surface area contributed by atoms with Gasteiger partial charge in [-0.25, -0.2) is 4.79 Å². The summed E-state index contributed by atoms with van der Waals surface area (Å²) in [5.74, 6) is 0.229. The average molecular weight is 398 g/mol. The summed E-state index contributed by atoms with van der Waals surface area (Å²) in [6, 6.07) is 36.4. The van der Waals surface area contributed by atoms with E-state index in [1.807, 2.05) is 60.7 Å². The van der Waals surface area contributed by atoms with E-state index in [0.717, 1.165) is 37.7 Å². The fraction of sp³-hybridized carbons (Fsp3) is 0. The Morgan fingerprint density at radius 3 is 1.61 bits per heavy atom. The molecule has 0 aliphatic heterocycles. The lowest BCUT2D eigenvalue weighted by atomic mass is 9.99. The zero-order chi connectivity index (χ0) is 20.8. The molecule has 0 heterocycles. The van der Waals surface area contributed by atoms with Gasteiger partial charge in [-0.3, -0.25) is 0 Å². The van der Waals surface area contributed by atoms with E-state index in [9.17, 15) is 4.79 Å². The molecule has 0 unspecified atom stereocenters. The van der Waals surface area contributed by atoms with Gasteiger partial charge < -0.3 is 4.74 Å². The number of hydrogen-bond donors (Lipinski definition) is 0. The van der Waals surface area contributed by atoms with E-state index < -0.39 is 0 Å². The molecule has 0 saturated carbocycles. The Morgan fingerprint density at radius 2 is 0.968 bits per heavy atom. The van der Waals surface area contributed by atoms with E-state index in [0.29, 0.717) is 11.3 Å². The Morgan fingerprint density at radius 1 is 0.484 bits per heavy atom. The number of esters is 1. The number of benzene rings is 6. The molecule has 6 rings (SSSR count). The summed E-state index contributed by atoms with van der Waals surface area (Å²) >= 11 is 0. The number of carbonyl (C=O) groups excluding carboxylic acids is 1. The third kappa shape index (κ3) is 3.01. The Balaban J connectivity index is 1.47. The molecule has 0 aromatic heterocycles. The van der Waals surface area contributed by atoms with E-state index in [4.69, 9.17) is 4.74 Å². The van der Waals surface area contributed by atoms with E-state index >= 15 is 0 Å².